The summed E-state index contributed by atoms with van der Waals surface area (Å²) in [7, 11) is 0. The number of nitrogens with zero attached hydrogens (tertiary/aromatic N) is 1. The van der Waals surface area contributed by atoms with Crippen molar-refractivity contribution >= 4 is 34.9 Å². The van der Waals surface area contributed by atoms with Gasteiger partial charge in [0.2, 0.25) is 0 Å². The minimum absolute atomic E-state index is 0.0655. The van der Waals surface area contributed by atoms with Gasteiger partial charge in [0, 0.05) is 22.4 Å². The van der Waals surface area contributed by atoms with Gasteiger partial charge in [-0.2, -0.15) is 0 Å². The number of benzene rings is 1. The van der Waals surface area contributed by atoms with E-state index in [2.05, 4.69) is 36.6 Å². The lowest BCUT2D eigenvalue weighted by Gasteiger charge is -2.24. The van der Waals surface area contributed by atoms with E-state index in [4.69, 9.17) is 11.6 Å². The second-order valence-corrected chi connectivity index (χ2v) is 7.22. The maximum atomic E-state index is 6.19. The van der Waals surface area contributed by atoms with Gasteiger partial charge >= 0.3 is 0 Å². The zero-order valence-electron chi connectivity index (χ0n) is 10.3. The molecule has 0 aromatic heterocycles. The average Bonchev–Trinajstić information content (AvgIpc) is 2.24. The van der Waals surface area contributed by atoms with Crippen molar-refractivity contribution in [2.75, 3.05) is 5.32 Å². The Labute approximate surface area is 112 Å². The molecule has 1 aliphatic heterocycles. The van der Waals surface area contributed by atoms with Gasteiger partial charge in [-0.05, 0) is 38.8 Å². The van der Waals surface area contributed by atoms with E-state index >= 15 is 0 Å². The van der Waals surface area contributed by atoms with Gasteiger partial charge in [0.25, 0.3) is 0 Å². The molecule has 1 atom stereocenters. The number of fused-ring (bicyclic) bond motifs is 1. The summed E-state index contributed by atoms with van der Waals surface area (Å²) in [6.45, 7) is 6.48. The summed E-state index contributed by atoms with van der Waals surface area (Å²) in [4.78, 5) is 0. The molecule has 0 aliphatic carbocycles. The van der Waals surface area contributed by atoms with Gasteiger partial charge in [-0.25, -0.2) is 4.40 Å². The Hall–Kier alpha value is -0.670. The molecule has 0 unspecified atom stereocenters. The molecule has 17 heavy (non-hydrogen) atoms. The molecule has 0 saturated carbocycles. The molecule has 0 spiro atoms. The van der Waals surface area contributed by atoms with Crippen LogP contribution < -0.4 is 5.32 Å². The minimum Gasteiger partial charge on any atom is -0.368 e. The topological polar surface area (TPSA) is 24.4 Å². The Morgan fingerprint density at radius 3 is 2.76 bits per heavy atom. The Morgan fingerprint density at radius 1 is 1.35 bits per heavy atom. The van der Waals surface area contributed by atoms with Crippen LogP contribution in [0.2, 0.25) is 0 Å². The van der Waals surface area contributed by atoms with Gasteiger partial charge in [0.1, 0.15) is 5.50 Å². The zero-order chi connectivity index (χ0) is 12.5. The summed E-state index contributed by atoms with van der Waals surface area (Å²) in [5.41, 5.74) is 3.26. The second-order valence-electron chi connectivity index (χ2n) is 5.10. The highest BCUT2D eigenvalue weighted by Gasteiger charge is 2.21. The van der Waals surface area contributed by atoms with Crippen LogP contribution in [-0.2, 0) is 0 Å². The van der Waals surface area contributed by atoms with Gasteiger partial charge < -0.3 is 5.32 Å². The lowest BCUT2D eigenvalue weighted by atomic mass is 10.0. The van der Waals surface area contributed by atoms with Crippen molar-refractivity contribution < 1.29 is 0 Å². The Balaban J connectivity index is 2.30. The molecule has 0 radical (unpaired) electrons. The smallest absolute Gasteiger partial charge is 0.107 e. The van der Waals surface area contributed by atoms with E-state index in [0.717, 1.165) is 17.8 Å². The summed E-state index contributed by atoms with van der Waals surface area (Å²) in [6.07, 6.45) is 0.766. The molecule has 4 heteroatoms. The Morgan fingerprint density at radius 2 is 2.06 bits per heavy atom. The van der Waals surface area contributed by atoms with Crippen LogP contribution in [0.3, 0.4) is 0 Å². The Bertz CT molecular complexity index is 437. The van der Waals surface area contributed by atoms with Crippen molar-refractivity contribution in [3.8, 4) is 0 Å². The number of para-hydroxylation sites is 1. The second kappa shape index (κ2) is 4.91. The lowest BCUT2D eigenvalue weighted by Crippen LogP contribution is -2.25. The largest absolute Gasteiger partial charge is 0.368 e. The molecular formula is C13H17ClN2S. The fourth-order valence-corrected chi connectivity index (χ4v) is 2.46. The number of hydrogen-bond acceptors (Lipinski definition) is 3. The third kappa shape index (κ3) is 3.39. The summed E-state index contributed by atoms with van der Waals surface area (Å²) in [6, 6.07) is 8.18. The third-order valence-electron chi connectivity index (χ3n) is 2.35. The molecule has 0 saturated heterocycles. The standard InChI is InChI=1S/C13H17ClN2S/c1-13(2,3)17-16-11-8-12(14)15-10-7-5-4-6-9(10)11/h4-7,12,15H,8H2,1-3H3/t12-/m1/s1. The van der Waals surface area contributed by atoms with Crippen molar-refractivity contribution in [2.24, 2.45) is 4.40 Å². The van der Waals surface area contributed by atoms with Crippen molar-refractivity contribution in [3.05, 3.63) is 29.8 Å². The van der Waals surface area contributed by atoms with Gasteiger partial charge in [-0.1, -0.05) is 29.8 Å². The molecule has 2 nitrogen and oxygen atoms in total. The van der Waals surface area contributed by atoms with Crippen LogP contribution in [-0.4, -0.2) is 16.0 Å². The number of halogens is 1. The number of hydrogen-bond donors (Lipinski definition) is 1. The average molecular weight is 269 g/mol. The molecule has 0 bridgehead atoms. The van der Waals surface area contributed by atoms with Gasteiger partial charge in [-0.3, -0.25) is 0 Å². The van der Waals surface area contributed by atoms with Crippen molar-refractivity contribution in [3.63, 3.8) is 0 Å². The molecule has 92 valence electrons. The highest BCUT2D eigenvalue weighted by atomic mass is 35.5. The first-order valence-electron chi connectivity index (χ1n) is 5.71. The molecule has 1 aromatic rings. The van der Waals surface area contributed by atoms with Crippen LogP contribution in [0.5, 0.6) is 0 Å². The third-order valence-corrected chi connectivity index (χ3v) is 3.48. The lowest BCUT2D eigenvalue weighted by molar-refractivity contribution is 0.804. The number of alkyl halides is 1. The van der Waals surface area contributed by atoms with Crippen LogP contribution in [0, 0.1) is 0 Å². The van der Waals surface area contributed by atoms with E-state index in [0.29, 0.717) is 0 Å². The normalized spacial score (nSPS) is 22.1. The Kier molecular flexibility index (Phi) is 3.69. The first-order valence-corrected chi connectivity index (χ1v) is 6.92. The molecular weight excluding hydrogens is 252 g/mol. The molecule has 1 aliphatic rings. The number of nitrogens with one attached hydrogen (secondary N) is 1. The summed E-state index contributed by atoms with van der Waals surface area (Å²) >= 11 is 7.80. The van der Waals surface area contributed by atoms with E-state index in [1.54, 1.807) is 11.9 Å². The molecule has 1 heterocycles. The first-order chi connectivity index (χ1) is 7.96. The van der Waals surface area contributed by atoms with Crippen molar-refractivity contribution in [1.82, 2.24) is 0 Å². The van der Waals surface area contributed by atoms with Gasteiger partial charge in [0.05, 0.1) is 5.71 Å². The molecule has 2 rings (SSSR count). The maximum absolute atomic E-state index is 6.19. The SMILES string of the molecule is CC(C)(C)SN=C1C[C@H](Cl)Nc2ccccc21. The van der Waals surface area contributed by atoms with Crippen molar-refractivity contribution in [2.45, 2.75) is 37.4 Å². The van der Waals surface area contributed by atoms with Crippen LogP contribution in [0.25, 0.3) is 0 Å². The van der Waals surface area contributed by atoms with Gasteiger partial charge in [-0.15, -0.1) is 0 Å². The fourth-order valence-electron chi connectivity index (χ4n) is 1.64. The molecule has 0 fully saturated rings. The van der Waals surface area contributed by atoms with E-state index in [1.165, 1.54) is 5.56 Å². The monoisotopic (exact) mass is 268 g/mol. The van der Waals surface area contributed by atoms with E-state index < -0.39 is 0 Å². The highest BCUT2D eigenvalue weighted by Crippen LogP contribution is 2.31. The molecule has 1 N–H and O–H groups in total. The van der Waals surface area contributed by atoms with Crippen molar-refractivity contribution in [1.29, 1.82) is 0 Å². The summed E-state index contributed by atoms with van der Waals surface area (Å²) in [5, 5.41) is 3.26. The van der Waals surface area contributed by atoms with Crippen LogP contribution in [0.4, 0.5) is 5.69 Å². The predicted molar refractivity (Wildman–Crippen MR) is 78.2 cm³/mol. The first kappa shape index (κ1) is 12.8. The van der Waals surface area contributed by atoms with Crippen LogP contribution in [0.15, 0.2) is 28.7 Å². The summed E-state index contributed by atoms with van der Waals surface area (Å²) < 4.78 is 4.79. The van der Waals surface area contributed by atoms with Gasteiger partial charge in [0.15, 0.2) is 0 Å². The molecule has 0 amide bonds. The fraction of sp³-hybridized carbons (Fsp3) is 0.462. The zero-order valence-corrected chi connectivity index (χ0v) is 11.9. The van der Waals surface area contributed by atoms with E-state index in [1.807, 2.05) is 18.2 Å². The molecule has 1 aromatic carbocycles. The maximum Gasteiger partial charge on any atom is 0.107 e. The van der Waals surface area contributed by atoms with Crippen LogP contribution in [0.1, 0.15) is 32.8 Å². The number of rotatable bonds is 1. The predicted octanol–water partition coefficient (Wildman–Crippen LogP) is 4.30. The van der Waals surface area contributed by atoms with E-state index in [9.17, 15) is 0 Å². The summed E-state index contributed by atoms with van der Waals surface area (Å²) in [5.74, 6) is 0. The van der Waals surface area contributed by atoms with E-state index in [-0.39, 0.29) is 10.2 Å². The van der Waals surface area contributed by atoms with Crippen LogP contribution >= 0.6 is 23.5 Å². The number of anilines is 1. The highest BCUT2D eigenvalue weighted by molar-refractivity contribution is 7.99. The quantitative estimate of drug-likeness (QED) is 0.466. The minimum atomic E-state index is -0.0655.